The number of rotatable bonds is 4. The van der Waals surface area contributed by atoms with E-state index in [1.165, 1.54) is 6.33 Å². The smallest absolute Gasteiger partial charge is 0.255 e. The van der Waals surface area contributed by atoms with Crippen LogP contribution in [0.25, 0.3) is 5.78 Å². The molecule has 0 radical (unpaired) electrons. The van der Waals surface area contributed by atoms with Gasteiger partial charge in [-0.05, 0) is 19.8 Å². The van der Waals surface area contributed by atoms with Crippen LogP contribution < -0.4 is 5.32 Å². The minimum Gasteiger partial charge on any atom is -0.367 e. The molecule has 0 bridgehead atoms. The quantitative estimate of drug-likeness (QED) is 0.866. The van der Waals surface area contributed by atoms with E-state index in [1.807, 2.05) is 6.92 Å². The Kier molecular flexibility index (Phi) is 3.71. The van der Waals surface area contributed by atoms with Crippen molar-refractivity contribution in [2.75, 3.05) is 5.32 Å². The van der Waals surface area contributed by atoms with Gasteiger partial charge in [0.2, 0.25) is 0 Å². The molecule has 0 saturated carbocycles. The Labute approximate surface area is 112 Å². The molecule has 2 heterocycles. The van der Waals surface area contributed by atoms with E-state index in [-0.39, 0.29) is 0 Å². The van der Waals surface area contributed by atoms with E-state index in [0.717, 1.165) is 17.8 Å². The Bertz CT molecular complexity index is 551. The highest BCUT2D eigenvalue weighted by Gasteiger charge is 2.16. The molecule has 2 aromatic heterocycles. The lowest BCUT2D eigenvalue weighted by molar-refractivity contribution is 0.492. The second-order valence-corrected chi connectivity index (χ2v) is 5.02. The van der Waals surface area contributed by atoms with Crippen LogP contribution in [0.15, 0.2) is 6.33 Å². The normalized spacial score (nSPS) is 14.7. The summed E-state index contributed by atoms with van der Waals surface area (Å²) in [7, 11) is 0. The van der Waals surface area contributed by atoms with Crippen LogP contribution in [0.4, 0.5) is 5.82 Å². The molecular formula is C12H18ClN5. The van der Waals surface area contributed by atoms with Gasteiger partial charge in [-0.25, -0.2) is 0 Å². The molecule has 6 heteroatoms. The lowest BCUT2D eigenvalue weighted by atomic mass is 10.0. The van der Waals surface area contributed by atoms with Gasteiger partial charge in [-0.15, -0.1) is 0 Å². The molecule has 5 nitrogen and oxygen atoms in total. The number of hydrogen-bond donors (Lipinski definition) is 1. The fraction of sp³-hybridized carbons (Fsp3) is 0.583. The third kappa shape index (κ3) is 2.27. The fourth-order valence-electron chi connectivity index (χ4n) is 1.78. The van der Waals surface area contributed by atoms with E-state index in [1.54, 1.807) is 4.52 Å². The van der Waals surface area contributed by atoms with Crippen molar-refractivity contribution in [3.05, 3.63) is 17.0 Å². The van der Waals surface area contributed by atoms with E-state index in [4.69, 9.17) is 11.6 Å². The van der Waals surface area contributed by atoms with Crippen molar-refractivity contribution in [2.24, 2.45) is 5.92 Å². The highest BCUT2D eigenvalue weighted by molar-refractivity contribution is 6.30. The molecule has 2 unspecified atom stereocenters. The molecule has 2 rings (SSSR count). The standard InChI is InChI=1S/C12H18ClN5/c1-5-7(2)9(4)16-11-8(3)10(13)17-12-14-6-15-18(11)12/h6-7,9,16H,5H2,1-4H3. The van der Waals surface area contributed by atoms with Gasteiger partial charge in [-0.1, -0.05) is 31.9 Å². The maximum atomic E-state index is 6.11. The highest BCUT2D eigenvalue weighted by Crippen LogP contribution is 2.24. The summed E-state index contributed by atoms with van der Waals surface area (Å²) in [5.74, 6) is 1.95. The zero-order valence-corrected chi connectivity index (χ0v) is 11.9. The number of halogens is 1. The molecule has 0 aliphatic carbocycles. The minimum atomic E-state index is 0.333. The van der Waals surface area contributed by atoms with Gasteiger partial charge < -0.3 is 5.32 Å². The van der Waals surface area contributed by atoms with Gasteiger partial charge >= 0.3 is 0 Å². The lowest BCUT2D eigenvalue weighted by Crippen LogP contribution is -2.25. The van der Waals surface area contributed by atoms with Crippen LogP contribution in [0, 0.1) is 12.8 Å². The topological polar surface area (TPSA) is 55.1 Å². The Balaban J connectivity index is 2.42. The number of anilines is 1. The maximum Gasteiger partial charge on any atom is 0.255 e. The van der Waals surface area contributed by atoms with Gasteiger partial charge in [-0.2, -0.15) is 19.6 Å². The highest BCUT2D eigenvalue weighted by atomic mass is 35.5. The van der Waals surface area contributed by atoms with Crippen molar-refractivity contribution in [1.29, 1.82) is 0 Å². The summed E-state index contributed by atoms with van der Waals surface area (Å²) in [6, 6.07) is 0.333. The van der Waals surface area contributed by atoms with Crippen LogP contribution >= 0.6 is 11.6 Å². The second-order valence-electron chi connectivity index (χ2n) is 4.67. The largest absolute Gasteiger partial charge is 0.367 e. The van der Waals surface area contributed by atoms with Gasteiger partial charge in [0, 0.05) is 11.6 Å². The van der Waals surface area contributed by atoms with Crippen molar-refractivity contribution in [2.45, 2.75) is 40.2 Å². The first-order valence-electron chi connectivity index (χ1n) is 6.17. The second kappa shape index (κ2) is 5.10. The van der Waals surface area contributed by atoms with Crippen molar-refractivity contribution in [3.63, 3.8) is 0 Å². The Morgan fingerprint density at radius 2 is 2.17 bits per heavy atom. The van der Waals surface area contributed by atoms with Gasteiger partial charge in [0.05, 0.1) is 0 Å². The predicted molar refractivity (Wildman–Crippen MR) is 73.1 cm³/mol. The fourth-order valence-corrected chi connectivity index (χ4v) is 1.94. The molecule has 0 aromatic carbocycles. The third-order valence-electron chi connectivity index (χ3n) is 3.47. The van der Waals surface area contributed by atoms with Crippen LogP contribution in [0.5, 0.6) is 0 Å². The van der Waals surface area contributed by atoms with Crippen molar-refractivity contribution >= 4 is 23.2 Å². The molecule has 0 spiro atoms. The monoisotopic (exact) mass is 267 g/mol. The molecule has 1 N–H and O–H groups in total. The van der Waals surface area contributed by atoms with Crippen LogP contribution in [-0.4, -0.2) is 25.6 Å². The molecule has 0 saturated heterocycles. The number of nitrogens with one attached hydrogen (secondary N) is 1. The van der Waals surface area contributed by atoms with Crippen LogP contribution in [-0.2, 0) is 0 Å². The SMILES string of the molecule is CCC(C)C(C)Nc1c(C)c(Cl)nc2ncnn12. The molecule has 18 heavy (non-hydrogen) atoms. The first kappa shape index (κ1) is 13.1. The summed E-state index contributed by atoms with van der Waals surface area (Å²) in [6.07, 6.45) is 2.60. The molecular weight excluding hydrogens is 250 g/mol. The Morgan fingerprint density at radius 1 is 1.44 bits per heavy atom. The molecule has 0 amide bonds. The zero-order chi connectivity index (χ0) is 13.3. The summed E-state index contributed by atoms with van der Waals surface area (Å²) in [5, 5.41) is 8.11. The summed E-state index contributed by atoms with van der Waals surface area (Å²) in [4.78, 5) is 8.25. The average molecular weight is 268 g/mol. The molecule has 2 aromatic rings. The van der Waals surface area contributed by atoms with Crippen molar-refractivity contribution in [3.8, 4) is 0 Å². The summed E-state index contributed by atoms with van der Waals surface area (Å²) < 4.78 is 1.69. The van der Waals surface area contributed by atoms with Crippen LogP contribution in [0.3, 0.4) is 0 Å². The third-order valence-corrected chi connectivity index (χ3v) is 3.83. The number of nitrogens with zero attached hydrogens (tertiary/aromatic N) is 4. The number of fused-ring (bicyclic) bond motifs is 1. The first-order valence-corrected chi connectivity index (χ1v) is 6.54. The molecule has 0 aliphatic rings. The average Bonchev–Trinajstić information content (AvgIpc) is 2.81. The van der Waals surface area contributed by atoms with Gasteiger partial charge in [0.1, 0.15) is 17.3 Å². The van der Waals surface area contributed by atoms with Crippen LogP contribution in [0.1, 0.15) is 32.8 Å². The number of hydrogen-bond acceptors (Lipinski definition) is 4. The van der Waals surface area contributed by atoms with E-state index in [2.05, 4.69) is 41.2 Å². The summed E-state index contributed by atoms with van der Waals surface area (Å²) in [6.45, 7) is 8.49. The molecule has 0 aliphatic heterocycles. The van der Waals surface area contributed by atoms with Crippen LogP contribution in [0.2, 0.25) is 5.15 Å². The Hall–Kier alpha value is -1.36. The summed E-state index contributed by atoms with van der Waals surface area (Å²) >= 11 is 6.11. The first-order chi connectivity index (χ1) is 8.54. The zero-order valence-electron chi connectivity index (χ0n) is 11.1. The van der Waals surface area contributed by atoms with E-state index in [9.17, 15) is 0 Å². The van der Waals surface area contributed by atoms with Gasteiger partial charge in [-0.3, -0.25) is 0 Å². The number of aromatic nitrogens is 4. The minimum absolute atomic E-state index is 0.333. The maximum absolute atomic E-state index is 6.11. The van der Waals surface area contributed by atoms with Gasteiger partial charge in [0.25, 0.3) is 5.78 Å². The van der Waals surface area contributed by atoms with Crippen molar-refractivity contribution in [1.82, 2.24) is 19.6 Å². The molecule has 2 atom stereocenters. The van der Waals surface area contributed by atoms with E-state index in [0.29, 0.717) is 22.9 Å². The predicted octanol–water partition coefficient (Wildman–Crippen LogP) is 2.93. The molecule has 0 fully saturated rings. The lowest BCUT2D eigenvalue weighted by Gasteiger charge is -2.22. The van der Waals surface area contributed by atoms with Gasteiger partial charge in [0.15, 0.2) is 0 Å². The van der Waals surface area contributed by atoms with Crippen molar-refractivity contribution < 1.29 is 0 Å². The Morgan fingerprint density at radius 3 is 2.83 bits per heavy atom. The van der Waals surface area contributed by atoms with E-state index < -0.39 is 0 Å². The summed E-state index contributed by atoms with van der Waals surface area (Å²) in [5.41, 5.74) is 0.893. The van der Waals surface area contributed by atoms with E-state index >= 15 is 0 Å². The molecule has 98 valence electrons.